The lowest BCUT2D eigenvalue weighted by atomic mass is 10.2. The minimum absolute atomic E-state index is 0.168. The van der Waals surface area contributed by atoms with E-state index in [9.17, 15) is 13.6 Å². The zero-order valence-electron chi connectivity index (χ0n) is 16.0. The molecule has 4 heterocycles. The van der Waals surface area contributed by atoms with Gasteiger partial charge in [0.25, 0.3) is 0 Å². The normalized spacial score (nSPS) is 11.2. The third kappa shape index (κ3) is 4.10. The van der Waals surface area contributed by atoms with E-state index in [0.717, 1.165) is 5.69 Å². The molecule has 0 fully saturated rings. The van der Waals surface area contributed by atoms with Gasteiger partial charge >= 0.3 is 6.09 Å². The van der Waals surface area contributed by atoms with Crippen LogP contribution in [0, 0.1) is 13.8 Å². The summed E-state index contributed by atoms with van der Waals surface area (Å²) in [6, 6.07) is 3.31. The number of nitrogens with one attached hydrogen (secondary N) is 1. The fourth-order valence-electron chi connectivity index (χ4n) is 2.88. The SMILES string of the molecule is Cc1csc(-c2ncc(OC(=O)Nn3cc(CC(F)F)c4cccnc43)c(C)n2)n1. The Balaban J connectivity index is 1.53. The van der Waals surface area contributed by atoms with Crippen LogP contribution in [0.5, 0.6) is 5.75 Å². The van der Waals surface area contributed by atoms with E-state index in [-0.39, 0.29) is 5.75 Å². The molecule has 0 radical (unpaired) electrons. The van der Waals surface area contributed by atoms with Crippen molar-refractivity contribution in [3.05, 3.63) is 53.1 Å². The number of hydrogen-bond acceptors (Lipinski definition) is 7. The first-order valence-electron chi connectivity index (χ1n) is 8.89. The molecule has 1 N–H and O–H groups in total. The Bertz CT molecular complexity index is 1220. The van der Waals surface area contributed by atoms with Crippen LogP contribution < -0.4 is 10.2 Å². The molecule has 0 aromatic carbocycles. The van der Waals surface area contributed by atoms with Gasteiger partial charge in [0.05, 0.1) is 11.9 Å². The molecule has 11 heteroatoms. The maximum absolute atomic E-state index is 12.8. The van der Waals surface area contributed by atoms with Gasteiger partial charge in [0.15, 0.2) is 22.2 Å². The van der Waals surface area contributed by atoms with Crippen LogP contribution in [0.25, 0.3) is 21.9 Å². The topological polar surface area (TPSA) is 94.8 Å². The summed E-state index contributed by atoms with van der Waals surface area (Å²) in [4.78, 5) is 29.4. The fourth-order valence-corrected chi connectivity index (χ4v) is 3.61. The molecular weight excluding hydrogens is 414 g/mol. The number of carbonyl (C=O) groups excluding carboxylic acids is 1. The van der Waals surface area contributed by atoms with Crippen LogP contribution in [0.3, 0.4) is 0 Å². The minimum atomic E-state index is -2.52. The summed E-state index contributed by atoms with van der Waals surface area (Å²) in [5.41, 5.74) is 4.52. The third-order valence-electron chi connectivity index (χ3n) is 4.18. The summed E-state index contributed by atoms with van der Waals surface area (Å²) < 4.78 is 32.3. The van der Waals surface area contributed by atoms with E-state index >= 15 is 0 Å². The van der Waals surface area contributed by atoms with E-state index < -0.39 is 18.9 Å². The first-order chi connectivity index (χ1) is 14.4. The van der Waals surface area contributed by atoms with Crippen LogP contribution in [-0.2, 0) is 6.42 Å². The van der Waals surface area contributed by atoms with Crippen LogP contribution in [0.4, 0.5) is 13.6 Å². The van der Waals surface area contributed by atoms with Crippen molar-refractivity contribution < 1.29 is 18.3 Å². The van der Waals surface area contributed by atoms with E-state index in [1.54, 1.807) is 19.1 Å². The van der Waals surface area contributed by atoms with Crippen LogP contribution in [0.1, 0.15) is 17.0 Å². The van der Waals surface area contributed by atoms with Crippen molar-refractivity contribution >= 4 is 28.5 Å². The number of hydrogen-bond donors (Lipinski definition) is 1. The van der Waals surface area contributed by atoms with E-state index in [2.05, 4.69) is 25.4 Å². The van der Waals surface area contributed by atoms with E-state index in [4.69, 9.17) is 4.74 Å². The number of aromatic nitrogens is 5. The Morgan fingerprint density at radius 2 is 2.13 bits per heavy atom. The summed E-state index contributed by atoms with van der Waals surface area (Å²) >= 11 is 1.42. The third-order valence-corrected chi connectivity index (χ3v) is 5.14. The standard InChI is InChI=1S/C19H16F2N6O2S/c1-10-9-30-18(24-10)16-23-7-14(11(2)25-16)29-19(28)26-27-8-12(6-15(20)21)13-4-3-5-22-17(13)27/h3-5,7-9,15H,6H2,1-2H3,(H,26,28). The number of pyridine rings is 1. The van der Waals surface area contributed by atoms with Gasteiger partial charge in [0, 0.05) is 35.3 Å². The molecule has 0 atom stereocenters. The molecule has 4 aromatic rings. The van der Waals surface area contributed by atoms with E-state index in [1.165, 1.54) is 34.6 Å². The van der Waals surface area contributed by atoms with Crippen LogP contribution in [-0.4, -0.2) is 37.1 Å². The van der Waals surface area contributed by atoms with Crippen molar-refractivity contribution in [2.75, 3.05) is 5.43 Å². The van der Waals surface area contributed by atoms with Gasteiger partial charge in [0.2, 0.25) is 6.43 Å². The number of amides is 1. The van der Waals surface area contributed by atoms with Gasteiger partial charge in [0.1, 0.15) is 0 Å². The van der Waals surface area contributed by atoms with Crippen LogP contribution in [0.2, 0.25) is 0 Å². The molecule has 0 saturated heterocycles. The van der Waals surface area contributed by atoms with E-state index in [1.807, 2.05) is 12.3 Å². The first kappa shape index (κ1) is 19.8. The Morgan fingerprint density at radius 3 is 2.83 bits per heavy atom. The average molecular weight is 430 g/mol. The number of alkyl halides is 2. The molecule has 4 aromatic heterocycles. The number of aryl methyl sites for hydroxylation is 2. The lowest BCUT2D eigenvalue weighted by Crippen LogP contribution is -2.26. The Kier molecular flexibility index (Phi) is 5.36. The second-order valence-electron chi connectivity index (χ2n) is 6.43. The molecule has 154 valence electrons. The molecule has 0 aliphatic rings. The minimum Gasteiger partial charge on any atom is -0.406 e. The number of fused-ring (bicyclic) bond motifs is 1. The Morgan fingerprint density at radius 1 is 1.30 bits per heavy atom. The van der Waals surface area contributed by atoms with Crippen molar-refractivity contribution in [3.63, 3.8) is 0 Å². The molecule has 4 rings (SSSR count). The van der Waals surface area contributed by atoms with Gasteiger partial charge in [-0.3, -0.25) is 0 Å². The number of carbonyl (C=O) groups is 1. The molecule has 1 amide bonds. The summed E-state index contributed by atoms with van der Waals surface area (Å²) in [6.07, 6.45) is 0.512. The molecule has 0 aliphatic heterocycles. The highest BCUT2D eigenvalue weighted by Crippen LogP contribution is 2.24. The highest BCUT2D eigenvalue weighted by atomic mass is 32.1. The van der Waals surface area contributed by atoms with Crippen molar-refractivity contribution in [1.29, 1.82) is 0 Å². The van der Waals surface area contributed by atoms with Crippen molar-refractivity contribution in [1.82, 2.24) is 24.6 Å². The number of thiazole rings is 1. The van der Waals surface area contributed by atoms with Crippen molar-refractivity contribution in [2.24, 2.45) is 0 Å². The van der Waals surface area contributed by atoms with Gasteiger partial charge < -0.3 is 4.74 Å². The second-order valence-corrected chi connectivity index (χ2v) is 7.29. The van der Waals surface area contributed by atoms with Crippen LogP contribution in [0.15, 0.2) is 36.1 Å². The number of halogens is 2. The molecule has 8 nitrogen and oxygen atoms in total. The lowest BCUT2D eigenvalue weighted by molar-refractivity contribution is 0.149. The van der Waals surface area contributed by atoms with Crippen LogP contribution >= 0.6 is 11.3 Å². The summed E-state index contributed by atoms with van der Waals surface area (Å²) in [5.74, 6) is 0.609. The van der Waals surface area contributed by atoms with Crippen molar-refractivity contribution in [3.8, 4) is 16.6 Å². The van der Waals surface area contributed by atoms with Crippen molar-refractivity contribution in [2.45, 2.75) is 26.7 Å². The zero-order valence-corrected chi connectivity index (χ0v) is 16.8. The lowest BCUT2D eigenvalue weighted by Gasteiger charge is -2.09. The molecular formula is C19H16F2N6O2S. The van der Waals surface area contributed by atoms with Gasteiger partial charge in [-0.2, -0.15) is 0 Å². The molecule has 0 unspecified atom stereocenters. The quantitative estimate of drug-likeness (QED) is 0.512. The summed E-state index contributed by atoms with van der Waals surface area (Å²) in [7, 11) is 0. The maximum Gasteiger partial charge on any atom is 0.432 e. The summed E-state index contributed by atoms with van der Waals surface area (Å²) in [6.45, 7) is 3.56. The van der Waals surface area contributed by atoms with Gasteiger partial charge in [-0.25, -0.2) is 43.6 Å². The van der Waals surface area contributed by atoms with Gasteiger partial charge in [-0.05, 0) is 31.5 Å². The number of ether oxygens (including phenoxy) is 1. The highest BCUT2D eigenvalue weighted by molar-refractivity contribution is 7.13. The number of nitrogens with zero attached hydrogens (tertiary/aromatic N) is 5. The fraction of sp³-hybridized carbons (Fsp3) is 0.211. The van der Waals surface area contributed by atoms with E-state index in [0.29, 0.717) is 33.1 Å². The largest absolute Gasteiger partial charge is 0.432 e. The first-order valence-corrected chi connectivity index (χ1v) is 9.76. The number of rotatable bonds is 5. The summed E-state index contributed by atoms with van der Waals surface area (Å²) in [5, 5.41) is 3.09. The molecule has 0 saturated carbocycles. The second kappa shape index (κ2) is 8.11. The smallest absolute Gasteiger partial charge is 0.406 e. The average Bonchev–Trinajstić information content (AvgIpc) is 3.27. The maximum atomic E-state index is 12.8. The highest BCUT2D eigenvalue weighted by Gasteiger charge is 2.17. The zero-order chi connectivity index (χ0) is 21.3. The predicted molar refractivity (Wildman–Crippen MR) is 107 cm³/mol. The Hall–Kier alpha value is -3.47. The monoisotopic (exact) mass is 430 g/mol. The molecule has 30 heavy (non-hydrogen) atoms. The predicted octanol–water partition coefficient (Wildman–Crippen LogP) is 4.12. The van der Waals surface area contributed by atoms with Gasteiger partial charge in [-0.1, -0.05) is 0 Å². The van der Waals surface area contributed by atoms with Gasteiger partial charge in [-0.15, -0.1) is 11.3 Å². The molecule has 0 aliphatic carbocycles. The molecule has 0 spiro atoms. The molecule has 0 bridgehead atoms. The Labute approximate surface area is 173 Å².